The summed E-state index contributed by atoms with van der Waals surface area (Å²) in [6.07, 6.45) is 0.464. The zero-order valence-electron chi connectivity index (χ0n) is 9.01. The van der Waals surface area contributed by atoms with Crippen LogP contribution in [0.15, 0.2) is 23.6 Å². The molecule has 4 nitrogen and oxygen atoms in total. The lowest BCUT2D eigenvalue weighted by Gasteiger charge is -2.01. The summed E-state index contributed by atoms with van der Waals surface area (Å²) in [4.78, 5) is 14.8. The van der Waals surface area contributed by atoms with Gasteiger partial charge in [-0.1, -0.05) is 17.7 Å². The summed E-state index contributed by atoms with van der Waals surface area (Å²) in [5.41, 5.74) is 1.61. The van der Waals surface area contributed by atoms with Crippen molar-refractivity contribution in [2.24, 2.45) is 0 Å². The molecule has 2 rings (SSSR count). The van der Waals surface area contributed by atoms with Gasteiger partial charge in [-0.05, 0) is 13.0 Å². The highest BCUT2D eigenvalue weighted by Gasteiger charge is 2.15. The number of hydrogen-bond donors (Lipinski definition) is 0. The Labute approximate surface area is 107 Å². The number of nitro groups is 1. The molecule has 0 amide bonds. The van der Waals surface area contributed by atoms with Crippen LogP contribution in [-0.2, 0) is 6.42 Å². The quantitative estimate of drug-likeness (QED) is 0.631. The van der Waals surface area contributed by atoms with Gasteiger partial charge in [0, 0.05) is 34.1 Å². The van der Waals surface area contributed by atoms with Crippen molar-refractivity contribution in [1.82, 2.24) is 4.98 Å². The van der Waals surface area contributed by atoms with E-state index < -0.39 is 4.92 Å². The first-order valence-electron chi connectivity index (χ1n) is 4.90. The Morgan fingerprint density at radius 2 is 2.29 bits per heavy atom. The third-order valence-corrected chi connectivity index (χ3v) is 3.45. The van der Waals surface area contributed by atoms with Crippen molar-refractivity contribution in [3.8, 4) is 0 Å². The number of nitrogens with zero attached hydrogens (tertiary/aromatic N) is 2. The maximum absolute atomic E-state index is 10.9. The Morgan fingerprint density at radius 3 is 2.88 bits per heavy atom. The van der Waals surface area contributed by atoms with Crippen LogP contribution in [0.25, 0.3) is 0 Å². The van der Waals surface area contributed by atoms with Crippen LogP contribution in [0, 0.1) is 17.0 Å². The molecule has 0 radical (unpaired) electrons. The van der Waals surface area contributed by atoms with Gasteiger partial charge in [0.2, 0.25) is 0 Å². The van der Waals surface area contributed by atoms with Gasteiger partial charge >= 0.3 is 0 Å². The zero-order chi connectivity index (χ0) is 12.4. The monoisotopic (exact) mass is 268 g/mol. The van der Waals surface area contributed by atoms with Crippen LogP contribution in [0.5, 0.6) is 0 Å². The molecule has 0 aliphatic heterocycles. The van der Waals surface area contributed by atoms with E-state index in [1.807, 2.05) is 12.3 Å². The summed E-state index contributed by atoms with van der Waals surface area (Å²) < 4.78 is 0. The van der Waals surface area contributed by atoms with E-state index in [0.29, 0.717) is 17.0 Å². The molecule has 0 aliphatic carbocycles. The molecule has 0 saturated carbocycles. The first kappa shape index (κ1) is 12.0. The van der Waals surface area contributed by atoms with E-state index in [-0.39, 0.29) is 5.69 Å². The number of aromatic nitrogens is 1. The second-order valence-corrected chi connectivity index (χ2v) is 4.97. The molecule has 0 fully saturated rings. The number of halogens is 1. The predicted molar refractivity (Wildman–Crippen MR) is 67.8 cm³/mol. The van der Waals surface area contributed by atoms with Gasteiger partial charge in [-0.3, -0.25) is 10.1 Å². The van der Waals surface area contributed by atoms with E-state index in [2.05, 4.69) is 4.98 Å². The molecular formula is C11H9ClN2O2S. The van der Waals surface area contributed by atoms with E-state index in [0.717, 1.165) is 10.7 Å². The molecule has 0 aliphatic rings. The minimum Gasteiger partial charge on any atom is -0.258 e. The molecule has 0 N–H and O–H groups in total. The van der Waals surface area contributed by atoms with Crippen molar-refractivity contribution in [2.75, 3.05) is 0 Å². The molecule has 0 unspecified atom stereocenters. The SMILES string of the molecule is Cc1csc(Cc2ccc(Cl)cc2[N+](=O)[O-])n1. The summed E-state index contributed by atoms with van der Waals surface area (Å²) in [5, 5.41) is 14.1. The number of nitro benzene ring substituents is 1. The molecule has 88 valence electrons. The minimum atomic E-state index is -0.415. The summed E-state index contributed by atoms with van der Waals surface area (Å²) in [7, 11) is 0. The van der Waals surface area contributed by atoms with Crippen LogP contribution in [0.4, 0.5) is 5.69 Å². The second kappa shape index (κ2) is 4.81. The van der Waals surface area contributed by atoms with Crippen molar-refractivity contribution >= 4 is 28.6 Å². The van der Waals surface area contributed by atoms with Crippen molar-refractivity contribution in [3.63, 3.8) is 0 Å². The Bertz CT molecular complexity index is 568. The number of rotatable bonds is 3. The molecule has 0 bridgehead atoms. The average molecular weight is 269 g/mol. The van der Waals surface area contributed by atoms with Crippen LogP contribution in [0.3, 0.4) is 0 Å². The Balaban J connectivity index is 2.35. The molecule has 0 spiro atoms. The summed E-state index contributed by atoms with van der Waals surface area (Å²) in [5.74, 6) is 0. The van der Waals surface area contributed by atoms with Crippen molar-refractivity contribution < 1.29 is 4.92 Å². The maximum atomic E-state index is 10.9. The van der Waals surface area contributed by atoms with Crippen molar-refractivity contribution in [2.45, 2.75) is 13.3 Å². The fourth-order valence-corrected chi connectivity index (χ4v) is 2.46. The molecule has 0 saturated heterocycles. The van der Waals surface area contributed by atoms with Gasteiger partial charge in [0.05, 0.1) is 9.93 Å². The highest BCUT2D eigenvalue weighted by Crippen LogP contribution is 2.26. The van der Waals surface area contributed by atoms with Crippen LogP contribution < -0.4 is 0 Å². The molecule has 1 aromatic carbocycles. The van der Waals surface area contributed by atoms with E-state index >= 15 is 0 Å². The Hall–Kier alpha value is -1.46. The van der Waals surface area contributed by atoms with Crippen LogP contribution in [0.2, 0.25) is 5.02 Å². The second-order valence-electron chi connectivity index (χ2n) is 3.59. The molecular weight excluding hydrogens is 260 g/mol. The number of thiazole rings is 1. The van der Waals surface area contributed by atoms with E-state index in [4.69, 9.17) is 11.6 Å². The lowest BCUT2D eigenvalue weighted by Crippen LogP contribution is -1.96. The smallest absolute Gasteiger partial charge is 0.258 e. The fourth-order valence-electron chi connectivity index (χ4n) is 1.50. The zero-order valence-corrected chi connectivity index (χ0v) is 10.6. The highest BCUT2D eigenvalue weighted by atomic mass is 35.5. The standard InChI is InChI=1S/C11H9ClN2O2S/c1-7-6-17-11(13-7)4-8-2-3-9(12)5-10(8)14(15)16/h2-3,5-6H,4H2,1H3. The average Bonchev–Trinajstić information content (AvgIpc) is 2.66. The molecule has 0 atom stereocenters. The van der Waals surface area contributed by atoms with Crippen molar-refractivity contribution in [3.05, 3.63) is 55.0 Å². The topological polar surface area (TPSA) is 56.0 Å². The third kappa shape index (κ3) is 2.81. The lowest BCUT2D eigenvalue weighted by molar-refractivity contribution is -0.385. The van der Waals surface area contributed by atoms with Crippen molar-refractivity contribution in [1.29, 1.82) is 0 Å². The third-order valence-electron chi connectivity index (χ3n) is 2.25. The van der Waals surface area contributed by atoms with Crippen LogP contribution >= 0.6 is 22.9 Å². The Morgan fingerprint density at radius 1 is 1.53 bits per heavy atom. The van der Waals surface area contributed by atoms with E-state index in [1.54, 1.807) is 12.1 Å². The molecule has 6 heteroatoms. The normalized spacial score (nSPS) is 10.5. The van der Waals surface area contributed by atoms with Crippen LogP contribution in [-0.4, -0.2) is 9.91 Å². The van der Waals surface area contributed by atoms with Gasteiger partial charge in [-0.25, -0.2) is 4.98 Å². The first-order chi connectivity index (χ1) is 8.06. The number of hydrogen-bond acceptors (Lipinski definition) is 4. The minimum absolute atomic E-state index is 0.0466. The van der Waals surface area contributed by atoms with Gasteiger partial charge < -0.3 is 0 Å². The van der Waals surface area contributed by atoms with Gasteiger partial charge in [0.25, 0.3) is 5.69 Å². The first-order valence-corrected chi connectivity index (χ1v) is 6.16. The summed E-state index contributed by atoms with van der Waals surface area (Å²) in [6, 6.07) is 4.71. The largest absolute Gasteiger partial charge is 0.274 e. The van der Waals surface area contributed by atoms with Gasteiger partial charge in [-0.2, -0.15) is 0 Å². The van der Waals surface area contributed by atoms with E-state index in [1.165, 1.54) is 17.4 Å². The highest BCUT2D eigenvalue weighted by molar-refractivity contribution is 7.09. The maximum Gasteiger partial charge on any atom is 0.274 e. The summed E-state index contributed by atoms with van der Waals surface area (Å²) >= 11 is 7.25. The molecule has 1 heterocycles. The Kier molecular flexibility index (Phi) is 3.40. The fraction of sp³-hybridized carbons (Fsp3) is 0.182. The van der Waals surface area contributed by atoms with Gasteiger partial charge in [0.1, 0.15) is 0 Å². The number of aryl methyl sites for hydroxylation is 1. The lowest BCUT2D eigenvalue weighted by atomic mass is 10.1. The molecule has 1 aromatic heterocycles. The predicted octanol–water partition coefficient (Wildman–Crippen LogP) is 3.60. The van der Waals surface area contributed by atoms with E-state index in [9.17, 15) is 10.1 Å². The molecule has 2 aromatic rings. The van der Waals surface area contributed by atoms with Gasteiger partial charge in [-0.15, -0.1) is 11.3 Å². The van der Waals surface area contributed by atoms with Gasteiger partial charge in [0.15, 0.2) is 0 Å². The summed E-state index contributed by atoms with van der Waals surface area (Å²) in [6.45, 7) is 1.90. The van der Waals surface area contributed by atoms with Crippen LogP contribution in [0.1, 0.15) is 16.3 Å². The molecule has 17 heavy (non-hydrogen) atoms. The number of benzene rings is 1.